The zero-order valence-corrected chi connectivity index (χ0v) is 17.4. The second-order valence-corrected chi connectivity index (χ2v) is 9.33. The predicted octanol–water partition coefficient (Wildman–Crippen LogP) is 1.97. The molecule has 0 aliphatic carbocycles. The van der Waals surface area contributed by atoms with Crippen molar-refractivity contribution in [1.82, 2.24) is 4.90 Å². The SMILES string of the molecule is Cc1cc(C(=O)N2CCC(C)(O)C(COS(C)(=O)=O)C2)ccc1OC(C)C. The highest BCUT2D eigenvalue weighted by atomic mass is 32.2. The Morgan fingerprint density at radius 3 is 2.63 bits per heavy atom. The number of ether oxygens (including phenoxy) is 1. The predicted molar refractivity (Wildman–Crippen MR) is 102 cm³/mol. The number of amides is 1. The fraction of sp³-hybridized carbons (Fsp3) is 0.632. The zero-order valence-electron chi connectivity index (χ0n) is 16.6. The van der Waals surface area contributed by atoms with Crippen LogP contribution in [0.5, 0.6) is 5.75 Å². The summed E-state index contributed by atoms with van der Waals surface area (Å²) < 4.78 is 33.1. The second kappa shape index (κ2) is 8.16. The largest absolute Gasteiger partial charge is 0.491 e. The van der Waals surface area contributed by atoms with Crippen LogP contribution < -0.4 is 4.74 Å². The van der Waals surface area contributed by atoms with Crippen LogP contribution in [0.2, 0.25) is 0 Å². The number of carbonyl (C=O) groups is 1. The molecular weight excluding hydrogens is 370 g/mol. The molecule has 0 bridgehead atoms. The molecule has 1 saturated heterocycles. The van der Waals surface area contributed by atoms with E-state index < -0.39 is 21.6 Å². The average molecular weight is 400 g/mol. The molecule has 7 nitrogen and oxygen atoms in total. The van der Waals surface area contributed by atoms with Crippen molar-refractivity contribution in [1.29, 1.82) is 0 Å². The fourth-order valence-corrected chi connectivity index (χ4v) is 3.50. The number of hydrogen-bond donors (Lipinski definition) is 1. The number of carbonyl (C=O) groups excluding carboxylic acids is 1. The standard InChI is InChI=1S/C19H29NO6S/c1-13(2)26-17-7-6-15(10-14(17)3)18(21)20-9-8-19(4,22)16(11-20)12-25-27(5,23)24/h6-7,10,13,16,22H,8-9,11-12H2,1-5H3. The molecule has 1 heterocycles. The van der Waals surface area contributed by atoms with Crippen molar-refractivity contribution in [2.45, 2.75) is 45.8 Å². The Labute approximate surface area is 161 Å². The van der Waals surface area contributed by atoms with Gasteiger partial charge in [-0.25, -0.2) is 0 Å². The van der Waals surface area contributed by atoms with Gasteiger partial charge in [0, 0.05) is 24.6 Å². The Bertz CT molecular complexity index is 787. The molecule has 1 amide bonds. The molecular formula is C19H29NO6S. The van der Waals surface area contributed by atoms with Gasteiger partial charge in [0.1, 0.15) is 5.75 Å². The highest BCUT2D eigenvalue weighted by Gasteiger charge is 2.40. The number of rotatable bonds is 6. The first-order valence-corrected chi connectivity index (χ1v) is 10.8. The summed E-state index contributed by atoms with van der Waals surface area (Å²) in [5.74, 6) is 0.0891. The van der Waals surface area contributed by atoms with E-state index >= 15 is 0 Å². The Morgan fingerprint density at radius 1 is 1.41 bits per heavy atom. The number of aliphatic hydroxyl groups is 1. The minimum Gasteiger partial charge on any atom is -0.491 e. The number of benzene rings is 1. The smallest absolute Gasteiger partial charge is 0.264 e. The van der Waals surface area contributed by atoms with E-state index in [1.54, 1.807) is 30.0 Å². The van der Waals surface area contributed by atoms with Crippen LogP contribution in [-0.2, 0) is 14.3 Å². The topological polar surface area (TPSA) is 93.1 Å². The van der Waals surface area contributed by atoms with Crippen LogP contribution in [0, 0.1) is 12.8 Å². The molecule has 0 radical (unpaired) electrons. The van der Waals surface area contributed by atoms with E-state index in [1.165, 1.54) is 0 Å². The summed E-state index contributed by atoms with van der Waals surface area (Å²) in [6.45, 7) is 7.88. The maximum absolute atomic E-state index is 12.9. The molecule has 0 aromatic heterocycles. The van der Waals surface area contributed by atoms with E-state index in [9.17, 15) is 18.3 Å². The Morgan fingerprint density at radius 2 is 2.07 bits per heavy atom. The van der Waals surface area contributed by atoms with E-state index in [4.69, 9.17) is 8.92 Å². The van der Waals surface area contributed by atoms with Gasteiger partial charge in [-0.15, -0.1) is 0 Å². The third-order valence-corrected chi connectivity index (χ3v) is 5.33. The molecule has 2 atom stereocenters. The highest BCUT2D eigenvalue weighted by molar-refractivity contribution is 7.85. The van der Waals surface area contributed by atoms with Crippen molar-refractivity contribution >= 4 is 16.0 Å². The lowest BCUT2D eigenvalue weighted by molar-refractivity contribution is -0.0640. The molecule has 8 heteroatoms. The van der Waals surface area contributed by atoms with Crippen molar-refractivity contribution in [3.05, 3.63) is 29.3 Å². The van der Waals surface area contributed by atoms with Crippen LogP contribution in [0.25, 0.3) is 0 Å². The highest BCUT2D eigenvalue weighted by Crippen LogP contribution is 2.30. The van der Waals surface area contributed by atoms with Gasteiger partial charge in [0.15, 0.2) is 0 Å². The first kappa shape index (κ1) is 21.7. The zero-order chi connectivity index (χ0) is 20.4. The first-order valence-electron chi connectivity index (χ1n) is 9.02. The van der Waals surface area contributed by atoms with Gasteiger partial charge >= 0.3 is 0 Å². The van der Waals surface area contributed by atoms with E-state index in [1.807, 2.05) is 20.8 Å². The summed E-state index contributed by atoms with van der Waals surface area (Å²) >= 11 is 0. The Kier molecular flexibility index (Phi) is 6.55. The van der Waals surface area contributed by atoms with Crippen LogP contribution in [0.15, 0.2) is 18.2 Å². The minimum atomic E-state index is -3.61. The van der Waals surface area contributed by atoms with Gasteiger partial charge in [-0.1, -0.05) is 0 Å². The maximum Gasteiger partial charge on any atom is 0.264 e. The van der Waals surface area contributed by atoms with Gasteiger partial charge in [-0.3, -0.25) is 8.98 Å². The van der Waals surface area contributed by atoms with Gasteiger partial charge in [-0.05, 0) is 57.9 Å². The van der Waals surface area contributed by atoms with Gasteiger partial charge in [0.2, 0.25) is 0 Å². The summed E-state index contributed by atoms with van der Waals surface area (Å²) in [7, 11) is -3.61. The molecule has 1 aliphatic heterocycles. The molecule has 2 rings (SSSR count). The normalized spacial score (nSPS) is 23.5. The van der Waals surface area contributed by atoms with Crippen molar-refractivity contribution in [3.8, 4) is 5.75 Å². The molecule has 1 N–H and O–H groups in total. The lowest BCUT2D eigenvalue weighted by Gasteiger charge is -2.42. The first-order chi connectivity index (χ1) is 12.4. The van der Waals surface area contributed by atoms with Crippen molar-refractivity contribution < 1.29 is 27.2 Å². The van der Waals surface area contributed by atoms with Gasteiger partial charge in [0.05, 0.1) is 24.6 Å². The van der Waals surface area contributed by atoms with Gasteiger partial charge in [-0.2, -0.15) is 8.42 Å². The number of aryl methyl sites for hydroxylation is 1. The molecule has 0 spiro atoms. The third-order valence-electron chi connectivity index (χ3n) is 4.76. The molecule has 2 unspecified atom stereocenters. The maximum atomic E-state index is 12.9. The van der Waals surface area contributed by atoms with E-state index in [0.29, 0.717) is 18.5 Å². The molecule has 1 aliphatic rings. The molecule has 1 aromatic rings. The summed E-state index contributed by atoms with van der Waals surface area (Å²) in [5, 5.41) is 10.5. The quantitative estimate of drug-likeness (QED) is 0.735. The van der Waals surface area contributed by atoms with E-state index in [2.05, 4.69) is 0 Å². The van der Waals surface area contributed by atoms with Crippen LogP contribution in [-0.4, -0.2) is 62.0 Å². The lowest BCUT2D eigenvalue weighted by Crippen LogP contribution is -2.53. The van der Waals surface area contributed by atoms with E-state index in [0.717, 1.165) is 17.6 Å². The summed E-state index contributed by atoms with van der Waals surface area (Å²) in [6, 6.07) is 5.30. The number of nitrogens with zero attached hydrogens (tertiary/aromatic N) is 1. The van der Waals surface area contributed by atoms with Crippen LogP contribution in [0.4, 0.5) is 0 Å². The van der Waals surface area contributed by atoms with Crippen LogP contribution >= 0.6 is 0 Å². The number of piperidine rings is 1. The molecule has 27 heavy (non-hydrogen) atoms. The third kappa shape index (κ3) is 5.92. The van der Waals surface area contributed by atoms with Crippen molar-refractivity contribution in [2.75, 3.05) is 26.0 Å². The van der Waals surface area contributed by atoms with E-state index in [-0.39, 0.29) is 25.2 Å². The minimum absolute atomic E-state index is 0.0465. The van der Waals surface area contributed by atoms with Gasteiger partial charge in [0.25, 0.3) is 16.0 Å². The van der Waals surface area contributed by atoms with Crippen molar-refractivity contribution in [3.63, 3.8) is 0 Å². The summed E-state index contributed by atoms with van der Waals surface area (Å²) in [4.78, 5) is 14.5. The number of likely N-dealkylation sites (tertiary alicyclic amines) is 1. The Hall–Kier alpha value is -1.64. The molecule has 1 aromatic carbocycles. The second-order valence-electron chi connectivity index (χ2n) is 7.69. The molecule has 152 valence electrons. The Balaban J connectivity index is 2.13. The number of hydrogen-bond acceptors (Lipinski definition) is 6. The van der Waals surface area contributed by atoms with Gasteiger partial charge < -0.3 is 14.7 Å². The van der Waals surface area contributed by atoms with Crippen LogP contribution in [0.1, 0.15) is 43.1 Å². The average Bonchev–Trinajstić information content (AvgIpc) is 2.53. The summed E-state index contributed by atoms with van der Waals surface area (Å²) in [6.07, 6.45) is 1.37. The van der Waals surface area contributed by atoms with Crippen molar-refractivity contribution in [2.24, 2.45) is 5.92 Å². The monoisotopic (exact) mass is 399 g/mol. The summed E-state index contributed by atoms with van der Waals surface area (Å²) in [5.41, 5.74) is 0.315. The fourth-order valence-electron chi connectivity index (χ4n) is 3.09. The molecule has 0 saturated carbocycles. The lowest BCUT2D eigenvalue weighted by atomic mass is 9.83. The molecule has 1 fully saturated rings. The van der Waals surface area contributed by atoms with Crippen LogP contribution in [0.3, 0.4) is 0 Å².